The fourth-order valence-electron chi connectivity index (χ4n) is 2.37. The van der Waals surface area contributed by atoms with Crippen LogP contribution in [0, 0.1) is 0 Å². The molecule has 3 rings (SSSR count). The van der Waals surface area contributed by atoms with Gasteiger partial charge in [-0.25, -0.2) is 0 Å². The summed E-state index contributed by atoms with van der Waals surface area (Å²) >= 11 is 6.08. The zero-order valence-electron chi connectivity index (χ0n) is 12.3. The Morgan fingerprint density at radius 2 is 1.86 bits per heavy atom. The predicted molar refractivity (Wildman–Crippen MR) is 93.8 cm³/mol. The van der Waals surface area contributed by atoms with Gasteiger partial charge in [-0.15, -0.1) is 0 Å². The lowest BCUT2D eigenvalue weighted by Crippen LogP contribution is -1.95. The van der Waals surface area contributed by atoms with E-state index in [4.69, 9.17) is 16.3 Å². The number of aliphatic imine (C=N–C) groups is 1. The standard InChI is InChI=1S/C19H16ClNO/c1-2-22-19-11-10-16(20)12-15(19)13-21-18-9-5-7-14-6-3-4-8-17(14)18/h3-13H,2H2,1H3. The third-order valence-corrected chi connectivity index (χ3v) is 3.62. The Bertz CT molecular complexity index is 821. The van der Waals surface area contributed by atoms with Gasteiger partial charge in [-0.3, -0.25) is 4.99 Å². The van der Waals surface area contributed by atoms with Crippen LogP contribution in [0.5, 0.6) is 5.75 Å². The van der Waals surface area contributed by atoms with Gasteiger partial charge in [-0.2, -0.15) is 0 Å². The van der Waals surface area contributed by atoms with E-state index in [0.717, 1.165) is 22.4 Å². The largest absolute Gasteiger partial charge is 0.493 e. The number of hydrogen-bond donors (Lipinski definition) is 0. The van der Waals surface area contributed by atoms with E-state index in [-0.39, 0.29) is 0 Å². The van der Waals surface area contributed by atoms with E-state index in [1.54, 1.807) is 6.21 Å². The zero-order valence-corrected chi connectivity index (χ0v) is 13.0. The van der Waals surface area contributed by atoms with Crippen molar-refractivity contribution in [1.82, 2.24) is 0 Å². The highest BCUT2D eigenvalue weighted by Crippen LogP contribution is 2.27. The van der Waals surface area contributed by atoms with E-state index in [2.05, 4.69) is 23.2 Å². The van der Waals surface area contributed by atoms with E-state index in [1.807, 2.05) is 49.4 Å². The SMILES string of the molecule is CCOc1ccc(Cl)cc1C=Nc1cccc2ccccc12. The summed E-state index contributed by atoms with van der Waals surface area (Å²) in [6.07, 6.45) is 1.80. The van der Waals surface area contributed by atoms with Crippen LogP contribution in [-0.4, -0.2) is 12.8 Å². The van der Waals surface area contributed by atoms with Crippen LogP contribution >= 0.6 is 11.6 Å². The maximum Gasteiger partial charge on any atom is 0.128 e. The van der Waals surface area contributed by atoms with Crippen molar-refractivity contribution in [3.63, 3.8) is 0 Å². The zero-order chi connectivity index (χ0) is 15.4. The normalized spacial score (nSPS) is 11.2. The molecule has 0 saturated heterocycles. The van der Waals surface area contributed by atoms with Crippen molar-refractivity contribution in [3.8, 4) is 5.75 Å². The molecule has 0 radical (unpaired) electrons. The van der Waals surface area contributed by atoms with Crippen LogP contribution in [0.15, 0.2) is 65.7 Å². The number of benzene rings is 3. The number of ether oxygens (including phenoxy) is 1. The molecule has 0 N–H and O–H groups in total. The van der Waals surface area contributed by atoms with Crippen molar-refractivity contribution in [3.05, 3.63) is 71.2 Å². The van der Waals surface area contributed by atoms with Gasteiger partial charge in [0.25, 0.3) is 0 Å². The molecule has 3 heteroatoms. The fourth-order valence-corrected chi connectivity index (χ4v) is 2.55. The lowest BCUT2D eigenvalue weighted by atomic mass is 10.1. The Labute approximate surface area is 135 Å². The summed E-state index contributed by atoms with van der Waals surface area (Å²) in [5, 5.41) is 2.97. The number of halogens is 1. The molecular formula is C19H16ClNO. The number of nitrogens with zero attached hydrogens (tertiary/aromatic N) is 1. The number of hydrogen-bond acceptors (Lipinski definition) is 2. The van der Waals surface area contributed by atoms with Crippen LogP contribution in [0.25, 0.3) is 10.8 Å². The van der Waals surface area contributed by atoms with Crippen molar-refractivity contribution < 1.29 is 4.74 Å². The van der Waals surface area contributed by atoms with Crippen molar-refractivity contribution in [1.29, 1.82) is 0 Å². The van der Waals surface area contributed by atoms with Crippen LogP contribution in [-0.2, 0) is 0 Å². The van der Waals surface area contributed by atoms with Gasteiger partial charge in [0.15, 0.2) is 0 Å². The van der Waals surface area contributed by atoms with Gasteiger partial charge in [-0.1, -0.05) is 48.0 Å². The Kier molecular flexibility index (Phi) is 4.40. The van der Waals surface area contributed by atoms with E-state index >= 15 is 0 Å². The molecule has 0 fully saturated rings. The van der Waals surface area contributed by atoms with Gasteiger partial charge < -0.3 is 4.74 Å². The Hall–Kier alpha value is -2.32. The minimum atomic E-state index is 0.608. The van der Waals surface area contributed by atoms with Gasteiger partial charge >= 0.3 is 0 Å². The van der Waals surface area contributed by atoms with Crippen LogP contribution in [0.2, 0.25) is 5.02 Å². The Morgan fingerprint density at radius 3 is 2.73 bits per heavy atom. The molecule has 0 aliphatic rings. The van der Waals surface area contributed by atoms with E-state index in [0.29, 0.717) is 11.6 Å². The molecule has 3 aromatic carbocycles. The van der Waals surface area contributed by atoms with Gasteiger partial charge in [0.2, 0.25) is 0 Å². The smallest absolute Gasteiger partial charge is 0.128 e. The van der Waals surface area contributed by atoms with E-state index < -0.39 is 0 Å². The van der Waals surface area contributed by atoms with E-state index in [9.17, 15) is 0 Å². The van der Waals surface area contributed by atoms with Gasteiger partial charge in [0, 0.05) is 22.2 Å². The molecule has 0 atom stereocenters. The van der Waals surface area contributed by atoms with Crippen molar-refractivity contribution in [2.75, 3.05) is 6.61 Å². The molecule has 0 unspecified atom stereocenters. The predicted octanol–water partition coefficient (Wildman–Crippen LogP) is 5.64. The van der Waals surface area contributed by atoms with Crippen LogP contribution < -0.4 is 4.74 Å². The average Bonchev–Trinajstić information content (AvgIpc) is 2.55. The minimum Gasteiger partial charge on any atom is -0.493 e. The first-order valence-corrected chi connectivity index (χ1v) is 7.60. The highest BCUT2D eigenvalue weighted by molar-refractivity contribution is 6.30. The van der Waals surface area contributed by atoms with Crippen LogP contribution in [0.1, 0.15) is 12.5 Å². The van der Waals surface area contributed by atoms with Crippen molar-refractivity contribution in [2.45, 2.75) is 6.92 Å². The highest BCUT2D eigenvalue weighted by atomic mass is 35.5. The summed E-state index contributed by atoms with van der Waals surface area (Å²) in [6.45, 7) is 2.57. The van der Waals surface area contributed by atoms with Crippen molar-refractivity contribution >= 4 is 34.3 Å². The van der Waals surface area contributed by atoms with Gasteiger partial charge in [0.05, 0.1) is 12.3 Å². The molecule has 0 amide bonds. The molecule has 22 heavy (non-hydrogen) atoms. The molecular weight excluding hydrogens is 294 g/mol. The maximum absolute atomic E-state index is 6.08. The van der Waals surface area contributed by atoms with Gasteiger partial charge in [-0.05, 0) is 36.6 Å². The number of rotatable bonds is 4. The quantitative estimate of drug-likeness (QED) is 0.571. The molecule has 110 valence electrons. The molecule has 0 heterocycles. The maximum atomic E-state index is 6.08. The summed E-state index contributed by atoms with van der Waals surface area (Å²) in [6, 6.07) is 19.9. The first-order valence-electron chi connectivity index (χ1n) is 7.22. The Balaban J connectivity index is 2.01. The second kappa shape index (κ2) is 6.63. The molecule has 0 spiro atoms. The topological polar surface area (TPSA) is 21.6 Å². The average molecular weight is 310 g/mol. The molecule has 0 aromatic heterocycles. The van der Waals surface area contributed by atoms with Crippen molar-refractivity contribution in [2.24, 2.45) is 4.99 Å². The molecule has 2 nitrogen and oxygen atoms in total. The lowest BCUT2D eigenvalue weighted by molar-refractivity contribution is 0.340. The third kappa shape index (κ3) is 3.12. The molecule has 0 bridgehead atoms. The summed E-state index contributed by atoms with van der Waals surface area (Å²) in [7, 11) is 0. The molecule has 0 aliphatic carbocycles. The van der Waals surface area contributed by atoms with Gasteiger partial charge in [0.1, 0.15) is 5.75 Å². The van der Waals surface area contributed by atoms with Crippen LogP contribution in [0.4, 0.5) is 5.69 Å². The molecule has 0 saturated carbocycles. The monoisotopic (exact) mass is 309 g/mol. The lowest BCUT2D eigenvalue weighted by Gasteiger charge is -2.07. The summed E-state index contributed by atoms with van der Waals surface area (Å²) < 4.78 is 5.62. The fraction of sp³-hybridized carbons (Fsp3) is 0.105. The van der Waals surface area contributed by atoms with Crippen LogP contribution in [0.3, 0.4) is 0 Å². The van der Waals surface area contributed by atoms with E-state index in [1.165, 1.54) is 5.39 Å². The second-order valence-electron chi connectivity index (χ2n) is 4.87. The summed E-state index contributed by atoms with van der Waals surface area (Å²) in [5.41, 5.74) is 1.81. The molecule has 3 aromatic rings. The number of fused-ring (bicyclic) bond motifs is 1. The third-order valence-electron chi connectivity index (χ3n) is 3.38. The first kappa shape index (κ1) is 14.6. The summed E-state index contributed by atoms with van der Waals surface area (Å²) in [5.74, 6) is 0.788. The second-order valence-corrected chi connectivity index (χ2v) is 5.31. The highest BCUT2D eigenvalue weighted by Gasteiger charge is 2.03. The Morgan fingerprint density at radius 1 is 1.05 bits per heavy atom. The molecule has 0 aliphatic heterocycles. The minimum absolute atomic E-state index is 0.608. The summed E-state index contributed by atoms with van der Waals surface area (Å²) in [4.78, 5) is 4.63. The first-order chi connectivity index (χ1) is 10.8.